The summed E-state index contributed by atoms with van der Waals surface area (Å²) in [6, 6.07) is 48.8. The van der Waals surface area contributed by atoms with Crippen LogP contribution in [0.15, 0.2) is 163 Å². The van der Waals surface area contributed by atoms with E-state index in [1.54, 1.807) is 7.11 Å². The van der Waals surface area contributed by atoms with E-state index >= 15 is 0 Å². The predicted molar refractivity (Wildman–Crippen MR) is 187 cm³/mol. The average molecular weight is 578 g/mol. The van der Waals surface area contributed by atoms with E-state index in [4.69, 9.17) is 4.74 Å². The van der Waals surface area contributed by atoms with Crippen LogP contribution in [0.3, 0.4) is 0 Å². The monoisotopic (exact) mass is 577 g/mol. The Morgan fingerprint density at radius 3 is 2.09 bits per heavy atom. The third-order valence-electron chi connectivity index (χ3n) is 9.70. The Morgan fingerprint density at radius 2 is 1.31 bits per heavy atom. The first-order valence-corrected chi connectivity index (χ1v) is 15.6. The van der Waals surface area contributed by atoms with Crippen LogP contribution in [-0.4, -0.2) is 11.7 Å². The summed E-state index contributed by atoms with van der Waals surface area (Å²) >= 11 is 0. The molecule has 0 N–H and O–H groups in total. The summed E-state index contributed by atoms with van der Waals surface area (Å²) in [7, 11) is 1.72. The Hall–Kier alpha value is -5.60. The SMILES string of the molecule is COc1ccc(C2c3ccccc3C(c3ccc4cc(-n5c6ccccc6c6ccccc65)ccc4c3)=C3C=CC=CC32)cc1. The first-order valence-electron chi connectivity index (χ1n) is 15.6. The molecule has 2 heteroatoms. The molecule has 2 nitrogen and oxygen atoms in total. The summed E-state index contributed by atoms with van der Waals surface area (Å²) in [6.07, 6.45) is 9.08. The van der Waals surface area contributed by atoms with Gasteiger partial charge < -0.3 is 9.30 Å². The Labute approximate surface area is 262 Å². The van der Waals surface area contributed by atoms with Gasteiger partial charge in [-0.3, -0.25) is 0 Å². The molecule has 1 aromatic heterocycles. The molecule has 6 aromatic carbocycles. The van der Waals surface area contributed by atoms with Gasteiger partial charge in [0.1, 0.15) is 5.75 Å². The lowest BCUT2D eigenvalue weighted by molar-refractivity contribution is 0.414. The van der Waals surface area contributed by atoms with Crippen molar-refractivity contribution < 1.29 is 4.74 Å². The summed E-state index contributed by atoms with van der Waals surface area (Å²) in [5, 5.41) is 5.04. The van der Waals surface area contributed by atoms with E-state index in [1.807, 2.05) is 0 Å². The maximum absolute atomic E-state index is 5.47. The van der Waals surface area contributed by atoms with E-state index in [1.165, 1.54) is 71.7 Å². The second kappa shape index (κ2) is 10.2. The highest BCUT2D eigenvalue weighted by molar-refractivity contribution is 6.09. The fourth-order valence-electron chi connectivity index (χ4n) is 7.69. The quantitative estimate of drug-likeness (QED) is 0.203. The molecule has 9 rings (SSSR count). The van der Waals surface area contributed by atoms with Gasteiger partial charge in [0, 0.05) is 28.3 Å². The van der Waals surface area contributed by atoms with Crippen molar-refractivity contribution in [3.63, 3.8) is 0 Å². The van der Waals surface area contributed by atoms with Crippen molar-refractivity contribution in [2.45, 2.75) is 5.92 Å². The minimum absolute atomic E-state index is 0.237. The number of hydrogen-bond acceptors (Lipinski definition) is 1. The standard InChI is InChI=1S/C43H31NO/c1-45-33-24-21-28(22-25-33)42-36-12-2-4-14-38(36)43(39-15-5-3-13-37(39)42)31-19-18-30-27-32(23-20-29(30)26-31)44-40-16-8-6-10-34(40)35-11-7-9-17-41(35)44/h2-27,36,42H,1H3. The predicted octanol–water partition coefficient (Wildman–Crippen LogP) is 10.6. The second-order valence-corrected chi connectivity index (χ2v) is 12.1. The number of para-hydroxylation sites is 2. The van der Waals surface area contributed by atoms with E-state index in [2.05, 4.69) is 162 Å². The van der Waals surface area contributed by atoms with Gasteiger partial charge >= 0.3 is 0 Å². The summed E-state index contributed by atoms with van der Waals surface area (Å²) in [5.41, 5.74) is 11.6. The van der Waals surface area contributed by atoms with Gasteiger partial charge in [-0.1, -0.05) is 115 Å². The molecule has 0 fully saturated rings. The lowest BCUT2D eigenvalue weighted by Gasteiger charge is -2.37. The van der Waals surface area contributed by atoms with Crippen LogP contribution in [0.5, 0.6) is 5.75 Å². The van der Waals surface area contributed by atoms with Crippen molar-refractivity contribution >= 4 is 38.2 Å². The lowest BCUT2D eigenvalue weighted by Crippen LogP contribution is -2.22. The highest BCUT2D eigenvalue weighted by Gasteiger charge is 2.35. The molecule has 2 aliphatic carbocycles. The molecular weight excluding hydrogens is 546 g/mol. The molecule has 0 spiro atoms. The first kappa shape index (κ1) is 25.9. The maximum atomic E-state index is 5.47. The normalized spacial score (nSPS) is 17.2. The lowest BCUT2D eigenvalue weighted by atomic mass is 9.66. The van der Waals surface area contributed by atoms with Crippen molar-refractivity contribution in [1.29, 1.82) is 0 Å². The summed E-state index contributed by atoms with van der Waals surface area (Å²) in [6.45, 7) is 0. The molecular formula is C43H31NO. The molecule has 2 unspecified atom stereocenters. The number of rotatable bonds is 4. The highest BCUT2D eigenvalue weighted by atomic mass is 16.5. The summed E-state index contributed by atoms with van der Waals surface area (Å²) < 4.78 is 7.86. The third-order valence-corrected chi connectivity index (χ3v) is 9.70. The Kier molecular flexibility index (Phi) is 5.89. The van der Waals surface area contributed by atoms with Gasteiger partial charge in [0.2, 0.25) is 0 Å². The fraction of sp³-hybridized carbons (Fsp3) is 0.0698. The van der Waals surface area contributed by atoms with Gasteiger partial charge in [0.25, 0.3) is 0 Å². The minimum Gasteiger partial charge on any atom is -0.497 e. The van der Waals surface area contributed by atoms with Crippen LogP contribution in [0.2, 0.25) is 0 Å². The largest absolute Gasteiger partial charge is 0.497 e. The topological polar surface area (TPSA) is 14.2 Å². The number of nitrogens with zero attached hydrogens (tertiary/aromatic N) is 1. The third kappa shape index (κ3) is 4.03. The number of benzene rings is 6. The molecule has 0 bridgehead atoms. The van der Waals surface area contributed by atoms with Crippen LogP contribution in [-0.2, 0) is 0 Å². The van der Waals surface area contributed by atoms with Gasteiger partial charge in [-0.05, 0) is 86.6 Å². The van der Waals surface area contributed by atoms with E-state index in [-0.39, 0.29) is 11.8 Å². The van der Waals surface area contributed by atoms with Crippen LogP contribution in [0, 0.1) is 5.92 Å². The van der Waals surface area contributed by atoms with Crippen molar-refractivity contribution in [2.75, 3.05) is 7.11 Å². The van der Waals surface area contributed by atoms with Gasteiger partial charge in [0.15, 0.2) is 0 Å². The van der Waals surface area contributed by atoms with E-state index in [0.717, 1.165) is 5.75 Å². The molecule has 2 atom stereocenters. The Morgan fingerprint density at radius 1 is 0.622 bits per heavy atom. The number of hydrogen-bond donors (Lipinski definition) is 0. The molecule has 0 saturated carbocycles. The zero-order chi connectivity index (χ0) is 29.9. The van der Waals surface area contributed by atoms with Gasteiger partial charge in [-0.15, -0.1) is 0 Å². The molecule has 214 valence electrons. The number of aromatic nitrogens is 1. The van der Waals surface area contributed by atoms with Gasteiger partial charge in [0.05, 0.1) is 18.1 Å². The molecule has 0 amide bonds. The first-order chi connectivity index (χ1) is 22.3. The zero-order valence-electron chi connectivity index (χ0n) is 25.0. The van der Waals surface area contributed by atoms with Crippen LogP contribution < -0.4 is 4.74 Å². The van der Waals surface area contributed by atoms with E-state index in [9.17, 15) is 0 Å². The van der Waals surface area contributed by atoms with Crippen molar-refractivity contribution in [3.05, 3.63) is 186 Å². The molecule has 0 radical (unpaired) electrons. The van der Waals surface area contributed by atoms with E-state index < -0.39 is 0 Å². The number of methoxy groups -OCH3 is 1. The highest BCUT2D eigenvalue weighted by Crippen LogP contribution is 2.50. The van der Waals surface area contributed by atoms with Crippen molar-refractivity contribution in [1.82, 2.24) is 4.57 Å². The molecule has 0 saturated heterocycles. The van der Waals surface area contributed by atoms with Crippen LogP contribution >= 0.6 is 0 Å². The number of allylic oxidation sites excluding steroid dienone is 5. The smallest absolute Gasteiger partial charge is 0.118 e. The van der Waals surface area contributed by atoms with Crippen LogP contribution in [0.25, 0.3) is 43.8 Å². The number of fused-ring (bicyclic) bond motifs is 6. The van der Waals surface area contributed by atoms with Crippen LogP contribution in [0.4, 0.5) is 0 Å². The molecule has 2 aliphatic rings. The Balaban J connectivity index is 1.19. The zero-order valence-corrected chi connectivity index (χ0v) is 25.0. The molecule has 1 heterocycles. The summed E-state index contributed by atoms with van der Waals surface area (Å²) in [4.78, 5) is 0. The molecule has 7 aromatic rings. The minimum atomic E-state index is 0.237. The second-order valence-electron chi connectivity index (χ2n) is 12.1. The van der Waals surface area contributed by atoms with Gasteiger partial charge in [-0.2, -0.15) is 0 Å². The van der Waals surface area contributed by atoms with E-state index in [0.29, 0.717) is 0 Å². The average Bonchev–Trinajstić information content (AvgIpc) is 3.44. The van der Waals surface area contributed by atoms with Crippen LogP contribution in [0.1, 0.15) is 28.2 Å². The van der Waals surface area contributed by atoms with Crippen molar-refractivity contribution in [3.8, 4) is 11.4 Å². The molecule has 0 aliphatic heterocycles. The van der Waals surface area contributed by atoms with Gasteiger partial charge in [-0.25, -0.2) is 0 Å². The Bertz CT molecular complexity index is 2310. The fourth-order valence-corrected chi connectivity index (χ4v) is 7.69. The maximum Gasteiger partial charge on any atom is 0.118 e. The molecule has 45 heavy (non-hydrogen) atoms. The van der Waals surface area contributed by atoms with Crippen molar-refractivity contribution in [2.24, 2.45) is 5.92 Å². The summed E-state index contributed by atoms with van der Waals surface area (Å²) in [5.74, 6) is 1.37. The number of ether oxygens (including phenoxy) is 1.